The maximum Gasteiger partial charge on any atom is 0.332 e. The molecule has 0 spiro atoms. The molecule has 0 fully saturated rings. The molecule has 13 heavy (non-hydrogen) atoms. The van der Waals surface area contributed by atoms with Gasteiger partial charge in [0, 0.05) is 0 Å². The van der Waals surface area contributed by atoms with Crippen LogP contribution in [0.5, 0.6) is 0 Å². The molecule has 0 heterocycles. The zero-order valence-corrected chi connectivity index (χ0v) is 7.35. The molecule has 0 aromatic heterocycles. The highest BCUT2D eigenvalue weighted by Crippen LogP contribution is 1.77. The minimum absolute atomic E-state index is 0.312. The van der Waals surface area contributed by atoms with Crippen LogP contribution < -0.4 is 0 Å². The van der Waals surface area contributed by atoms with Crippen molar-refractivity contribution in [2.24, 2.45) is 0 Å². The number of hydrogen-bond donors (Lipinski definition) is 3. The molecule has 76 valence electrons. The third-order valence-corrected chi connectivity index (χ3v) is 0.758. The molecule has 0 aromatic rings. The molecule has 6 heteroatoms. The van der Waals surface area contributed by atoms with E-state index in [0.29, 0.717) is 0 Å². The molecule has 0 amide bonds. The second-order valence-electron chi connectivity index (χ2n) is 2.29. The summed E-state index contributed by atoms with van der Waals surface area (Å²) >= 11 is 0. The first-order valence-electron chi connectivity index (χ1n) is 3.39. The summed E-state index contributed by atoms with van der Waals surface area (Å²) in [6.45, 7) is 2.44. The van der Waals surface area contributed by atoms with E-state index < -0.39 is 18.0 Å². The van der Waals surface area contributed by atoms with Crippen LogP contribution in [0.3, 0.4) is 0 Å². The van der Waals surface area contributed by atoms with Gasteiger partial charge in [0.05, 0.1) is 0 Å². The van der Waals surface area contributed by atoms with Gasteiger partial charge in [-0.05, 0) is 13.8 Å². The monoisotopic (exact) mass is 192 g/mol. The summed E-state index contributed by atoms with van der Waals surface area (Å²) < 4.78 is 0. The predicted octanol–water partition coefficient (Wildman–Crippen LogP) is -0.498. The largest absolute Gasteiger partial charge is 0.481 e. The Kier molecular flexibility index (Phi) is 7.85. The molecule has 3 N–H and O–H groups in total. The maximum atomic E-state index is 9.87. The number of ketones is 1. The third kappa shape index (κ3) is 18.0. The van der Waals surface area contributed by atoms with Crippen molar-refractivity contribution < 1.29 is 29.7 Å². The van der Waals surface area contributed by atoms with Crippen LogP contribution in [0.25, 0.3) is 0 Å². The second-order valence-corrected chi connectivity index (χ2v) is 2.29. The maximum absolute atomic E-state index is 9.87. The number of rotatable bonds is 3. The van der Waals surface area contributed by atoms with Crippen LogP contribution in [0.1, 0.15) is 20.3 Å². The number of aliphatic hydroxyl groups is 1. The smallest absolute Gasteiger partial charge is 0.332 e. The Labute approximate surface area is 74.8 Å². The van der Waals surface area contributed by atoms with Crippen molar-refractivity contribution >= 4 is 17.7 Å². The Bertz CT molecular complexity index is 183. The molecule has 0 saturated carbocycles. The molecule has 0 saturated heterocycles. The number of aliphatic hydroxyl groups excluding tert-OH is 1. The average molecular weight is 192 g/mol. The van der Waals surface area contributed by atoms with E-state index >= 15 is 0 Å². The molecule has 6 nitrogen and oxygen atoms in total. The normalized spacial score (nSPS) is 10.7. The van der Waals surface area contributed by atoms with E-state index in [4.69, 9.17) is 15.3 Å². The fourth-order valence-electron chi connectivity index (χ4n) is 0.213. The summed E-state index contributed by atoms with van der Waals surface area (Å²) in [6, 6.07) is 0. The Balaban J connectivity index is 0. The van der Waals surface area contributed by atoms with Crippen molar-refractivity contribution in [1.29, 1.82) is 0 Å². The lowest BCUT2D eigenvalue weighted by molar-refractivity contribution is -0.145. The number of hydrogen-bond acceptors (Lipinski definition) is 4. The van der Waals surface area contributed by atoms with Crippen LogP contribution in [-0.4, -0.2) is 39.1 Å². The predicted molar refractivity (Wildman–Crippen MR) is 42.3 cm³/mol. The van der Waals surface area contributed by atoms with Gasteiger partial charge in [-0.25, -0.2) is 4.79 Å². The topological polar surface area (TPSA) is 112 Å². The zero-order valence-electron chi connectivity index (χ0n) is 7.35. The Morgan fingerprint density at radius 2 is 1.54 bits per heavy atom. The van der Waals surface area contributed by atoms with E-state index in [0.717, 1.165) is 0 Å². The second kappa shape index (κ2) is 7.23. The molecular formula is C7H12O6. The van der Waals surface area contributed by atoms with Gasteiger partial charge >= 0.3 is 11.9 Å². The van der Waals surface area contributed by atoms with E-state index in [9.17, 15) is 14.4 Å². The molecule has 0 rings (SSSR count). The van der Waals surface area contributed by atoms with Gasteiger partial charge in [-0.3, -0.25) is 9.59 Å². The first-order chi connectivity index (χ1) is 5.77. The summed E-state index contributed by atoms with van der Waals surface area (Å²) in [4.78, 5) is 28.9. The summed E-state index contributed by atoms with van der Waals surface area (Å²) in [7, 11) is 0. The van der Waals surface area contributed by atoms with E-state index in [1.807, 2.05) is 0 Å². The minimum Gasteiger partial charge on any atom is -0.481 e. The molecule has 0 aliphatic rings. The van der Waals surface area contributed by atoms with Crippen molar-refractivity contribution in [3.05, 3.63) is 0 Å². The highest BCUT2D eigenvalue weighted by Gasteiger charge is 2.01. The van der Waals surface area contributed by atoms with E-state index in [1.165, 1.54) is 13.8 Å². The van der Waals surface area contributed by atoms with Crippen molar-refractivity contribution in [2.45, 2.75) is 26.4 Å². The standard InChI is InChI=1S/C4H6O3.C3H6O3/c1-3(5)2-4(6)7;1-2(4)3(5)6/h2H2,1H3,(H,6,7);2,4H,1H3,(H,5,6). The lowest BCUT2D eigenvalue weighted by Gasteiger charge is -1.89. The molecule has 0 radical (unpaired) electrons. The zero-order chi connectivity index (χ0) is 11.0. The molecule has 1 atom stereocenters. The van der Waals surface area contributed by atoms with Crippen molar-refractivity contribution in [3.63, 3.8) is 0 Å². The minimum atomic E-state index is -1.23. The van der Waals surface area contributed by atoms with Gasteiger partial charge in [0.1, 0.15) is 18.3 Å². The van der Waals surface area contributed by atoms with Crippen LogP contribution in [-0.2, 0) is 14.4 Å². The van der Waals surface area contributed by atoms with Crippen LogP contribution in [0, 0.1) is 0 Å². The van der Waals surface area contributed by atoms with Gasteiger partial charge in [-0.1, -0.05) is 0 Å². The Morgan fingerprint density at radius 1 is 1.23 bits per heavy atom. The Hall–Kier alpha value is -1.43. The average Bonchev–Trinajstić information content (AvgIpc) is 1.84. The van der Waals surface area contributed by atoms with Crippen LogP contribution in [0.15, 0.2) is 0 Å². The third-order valence-electron chi connectivity index (χ3n) is 0.758. The molecule has 1 unspecified atom stereocenters. The number of aliphatic carboxylic acids is 2. The summed E-state index contributed by atoms with van der Waals surface area (Å²) in [5, 5.41) is 23.6. The molecular weight excluding hydrogens is 180 g/mol. The Morgan fingerprint density at radius 3 is 1.54 bits per heavy atom. The lowest BCUT2D eigenvalue weighted by Crippen LogP contribution is -2.13. The SMILES string of the molecule is CC(=O)CC(=O)O.CC(O)C(=O)O. The van der Waals surface area contributed by atoms with E-state index in [-0.39, 0.29) is 12.2 Å². The number of Topliss-reactive ketones (excluding diaryl/α,β-unsaturated/α-hetero) is 1. The van der Waals surface area contributed by atoms with Gasteiger partial charge in [0.25, 0.3) is 0 Å². The van der Waals surface area contributed by atoms with Gasteiger partial charge < -0.3 is 15.3 Å². The van der Waals surface area contributed by atoms with Gasteiger partial charge in [-0.2, -0.15) is 0 Å². The van der Waals surface area contributed by atoms with Gasteiger partial charge in [0.2, 0.25) is 0 Å². The fraction of sp³-hybridized carbons (Fsp3) is 0.571. The number of carboxylic acids is 2. The van der Waals surface area contributed by atoms with E-state index in [2.05, 4.69) is 0 Å². The number of carboxylic acid groups (broad SMARTS) is 2. The molecule has 0 aliphatic heterocycles. The van der Waals surface area contributed by atoms with Gasteiger partial charge in [0.15, 0.2) is 0 Å². The quantitative estimate of drug-likeness (QED) is 0.520. The molecule has 0 aliphatic carbocycles. The summed E-state index contributed by atoms with van der Waals surface area (Å²) in [5.74, 6) is -2.56. The fourth-order valence-corrected chi connectivity index (χ4v) is 0.213. The van der Waals surface area contributed by atoms with E-state index in [1.54, 1.807) is 0 Å². The van der Waals surface area contributed by atoms with Crippen molar-refractivity contribution in [3.8, 4) is 0 Å². The first kappa shape index (κ1) is 14.1. The number of carbonyl (C=O) groups excluding carboxylic acids is 1. The first-order valence-corrected chi connectivity index (χ1v) is 3.39. The van der Waals surface area contributed by atoms with Crippen LogP contribution in [0.4, 0.5) is 0 Å². The van der Waals surface area contributed by atoms with Crippen molar-refractivity contribution in [2.75, 3.05) is 0 Å². The van der Waals surface area contributed by atoms with Crippen molar-refractivity contribution in [1.82, 2.24) is 0 Å². The van der Waals surface area contributed by atoms with Crippen LogP contribution >= 0.6 is 0 Å². The summed E-state index contributed by atoms with van der Waals surface area (Å²) in [5.41, 5.74) is 0. The van der Waals surface area contributed by atoms with Crippen LogP contribution in [0.2, 0.25) is 0 Å². The molecule has 0 bridgehead atoms. The lowest BCUT2D eigenvalue weighted by atomic mass is 10.3. The highest BCUT2D eigenvalue weighted by molar-refractivity contribution is 5.93. The highest BCUT2D eigenvalue weighted by atomic mass is 16.4. The van der Waals surface area contributed by atoms with Gasteiger partial charge in [-0.15, -0.1) is 0 Å². The molecule has 0 aromatic carbocycles. The summed E-state index contributed by atoms with van der Waals surface area (Å²) in [6.07, 6.45) is -1.59. The number of carbonyl (C=O) groups is 3.